The molecule has 0 unspecified atom stereocenters. The molecule has 0 bridgehead atoms. The molecule has 9 nitrogen and oxygen atoms in total. The van der Waals surface area contributed by atoms with Gasteiger partial charge in [-0.05, 0) is 24.3 Å². The van der Waals surface area contributed by atoms with Crippen molar-refractivity contribution in [2.75, 3.05) is 7.11 Å². The number of hydrogen-bond donors (Lipinski definition) is 0. The zero-order chi connectivity index (χ0) is 19.4. The molecule has 0 radical (unpaired) electrons. The van der Waals surface area contributed by atoms with Crippen molar-refractivity contribution < 1.29 is 28.0 Å². The molecular weight excluding hydrogens is 358 g/mol. The van der Waals surface area contributed by atoms with Gasteiger partial charge in [0.25, 0.3) is 0 Å². The molecule has 2 heterocycles. The van der Waals surface area contributed by atoms with Crippen molar-refractivity contribution in [1.29, 1.82) is 0 Å². The molecular formula is C18H13NO8. The van der Waals surface area contributed by atoms with Crippen LogP contribution < -0.4 is 10.4 Å². The number of fused-ring (bicyclic) bond motifs is 1. The molecule has 9 heteroatoms. The molecule has 0 amide bonds. The van der Waals surface area contributed by atoms with Crippen LogP contribution in [0.1, 0.15) is 11.3 Å². The van der Waals surface area contributed by atoms with Gasteiger partial charge in [0.2, 0.25) is 0 Å². The van der Waals surface area contributed by atoms with Crippen molar-refractivity contribution in [3.05, 3.63) is 74.3 Å². The van der Waals surface area contributed by atoms with E-state index >= 15 is 0 Å². The first-order valence-corrected chi connectivity index (χ1v) is 7.66. The normalized spacial score (nSPS) is 11.0. The first-order chi connectivity index (χ1) is 13.0. The smallest absolute Gasteiger partial charge is 0.433 e. The van der Waals surface area contributed by atoms with Crippen LogP contribution in [-0.2, 0) is 16.1 Å². The Morgan fingerprint density at radius 3 is 2.74 bits per heavy atom. The van der Waals surface area contributed by atoms with Crippen LogP contribution in [0.25, 0.3) is 17.0 Å². The van der Waals surface area contributed by atoms with Gasteiger partial charge in [-0.15, -0.1) is 0 Å². The number of carbonyl (C=O) groups excluding carboxylic acids is 1. The zero-order valence-electron chi connectivity index (χ0n) is 14.0. The number of rotatable bonds is 6. The lowest BCUT2D eigenvalue weighted by Gasteiger charge is -2.07. The van der Waals surface area contributed by atoms with E-state index in [0.717, 1.165) is 6.08 Å². The van der Waals surface area contributed by atoms with E-state index in [1.807, 2.05) is 0 Å². The van der Waals surface area contributed by atoms with Crippen molar-refractivity contribution in [3.63, 3.8) is 0 Å². The van der Waals surface area contributed by atoms with Crippen LogP contribution in [0.5, 0.6) is 5.75 Å². The molecule has 0 spiro atoms. The lowest BCUT2D eigenvalue weighted by Crippen LogP contribution is -2.05. The van der Waals surface area contributed by atoms with E-state index in [9.17, 15) is 19.7 Å². The summed E-state index contributed by atoms with van der Waals surface area (Å²) in [6, 6.07) is 8.71. The van der Waals surface area contributed by atoms with Crippen LogP contribution in [0, 0.1) is 10.1 Å². The summed E-state index contributed by atoms with van der Waals surface area (Å²) in [5, 5.41) is 11.1. The number of furan rings is 1. The average Bonchev–Trinajstić information content (AvgIpc) is 3.13. The Labute approximate surface area is 151 Å². The zero-order valence-corrected chi connectivity index (χ0v) is 14.0. The van der Waals surface area contributed by atoms with Crippen LogP contribution >= 0.6 is 0 Å². The molecule has 0 N–H and O–H groups in total. The molecule has 1 aromatic carbocycles. The lowest BCUT2D eigenvalue weighted by molar-refractivity contribution is -0.402. The number of nitrogens with zero attached hydrogens (tertiary/aromatic N) is 1. The van der Waals surface area contributed by atoms with Crippen molar-refractivity contribution in [3.8, 4) is 5.75 Å². The number of carbonyl (C=O) groups is 1. The van der Waals surface area contributed by atoms with Gasteiger partial charge in [-0.25, -0.2) is 9.59 Å². The molecule has 3 rings (SSSR count). The Morgan fingerprint density at radius 1 is 1.22 bits per heavy atom. The summed E-state index contributed by atoms with van der Waals surface area (Å²) >= 11 is 0. The van der Waals surface area contributed by atoms with Gasteiger partial charge in [-0.1, -0.05) is 0 Å². The standard InChI is InChI=1S/C18H13NO8/c1-24-13-2-5-14-11(8-18(21)27-15(14)9-13)10-25-17(20)7-4-12-3-6-16(26-12)19(22)23/h2-9H,10H2,1H3/b7-4+. The van der Waals surface area contributed by atoms with E-state index < -0.39 is 22.4 Å². The summed E-state index contributed by atoms with van der Waals surface area (Å²) in [4.78, 5) is 33.4. The third-order valence-corrected chi connectivity index (χ3v) is 3.58. The second-order valence-corrected chi connectivity index (χ2v) is 5.33. The topological polar surface area (TPSA) is 122 Å². The average molecular weight is 371 g/mol. The van der Waals surface area contributed by atoms with Crippen molar-refractivity contribution in [2.45, 2.75) is 6.61 Å². The number of methoxy groups -OCH3 is 1. The van der Waals surface area contributed by atoms with Gasteiger partial charge in [-0.3, -0.25) is 10.1 Å². The third-order valence-electron chi connectivity index (χ3n) is 3.58. The predicted molar refractivity (Wildman–Crippen MR) is 93.2 cm³/mol. The Morgan fingerprint density at radius 2 is 2.04 bits per heavy atom. The van der Waals surface area contributed by atoms with E-state index in [1.54, 1.807) is 18.2 Å². The molecule has 0 atom stereocenters. The van der Waals surface area contributed by atoms with Gasteiger partial charge in [0.05, 0.1) is 13.2 Å². The van der Waals surface area contributed by atoms with Crippen molar-refractivity contribution >= 4 is 28.9 Å². The summed E-state index contributed by atoms with van der Waals surface area (Å²) in [7, 11) is 1.49. The minimum atomic E-state index is -0.705. The Balaban J connectivity index is 1.72. The molecule has 0 saturated heterocycles. The van der Waals surface area contributed by atoms with Crippen molar-refractivity contribution in [2.24, 2.45) is 0 Å². The van der Waals surface area contributed by atoms with Gasteiger partial charge >= 0.3 is 17.5 Å². The van der Waals surface area contributed by atoms with Gasteiger partial charge in [0.1, 0.15) is 28.6 Å². The van der Waals surface area contributed by atoms with Crippen LogP contribution in [0.15, 0.2) is 56.1 Å². The number of hydrogen-bond acceptors (Lipinski definition) is 8. The second-order valence-electron chi connectivity index (χ2n) is 5.33. The minimum Gasteiger partial charge on any atom is -0.497 e. The molecule has 0 aliphatic heterocycles. The maximum absolute atomic E-state index is 11.8. The van der Waals surface area contributed by atoms with Gasteiger partial charge < -0.3 is 18.3 Å². The molecule has 0 aliphatic carbocycles. The highest BCUT2D eigenvalue weighted by atomic mass is 16.6. The minimum absolute atomic E-state index is 0.136. The van der Waals surface area contributed by atoms with Gasteiger partial charge in [-0.2, -0.15) is 0 Å². The van der Waals surface area contributed by atoms with Gasteiger partial charge in [0.15, 0.2) is 0 Å². The molecule has 0 aliphatic rings. The second kappa shape index (κ2) is 7.56. The fourth-order valence-corrected chi connectivity index (χ4v) is 2.33. The Kier molecular flexibility index (Phi) is 5.02. The molecule has 27 heavy (non-hydrogen) atoms. The monoisotopic (exact) mass is 371 g/mol. The quantitative estimate of drug-likeness (QED) is 0.213. The Hall–Kier alpha value is -3.88. The molecule has 0 fully saturated rings. The summed E-state index contributed by atoms with van der Waals surface area (Å²) in [5.41, 5.74) is 0.200. The first-order valence-electron chi connectivity index (χ1n) is 7.66. The lowest BCUT2D eigenvalue weighted by atomic mass is 10.1. The van der Waals surface area contributed by atoms with Crippen LogP contribution in [-0.4, -0.2) is 18.0 Å². The maximum Gasteiger partial charge on any atom is 0.433 e. The summed E-state index contributed by atoms with van der Waals surface area (Å²) < 4.78 is 20.2. The number of esters is 1. The molecule has 138 valence electrons. The van der Waals surface area contributed by atoms with Crippen LogP contribution in [0.2, 0.25) is 0 Å². The molecule has 0 saturated carbocycles. The summed E-state index contributed by atoms with van der Waals surface area (Å²) in [5.74, 6) is -0.475. The molecule has 2 aromatic heterocycles. The molecule has 3 aromatic rings. The number of benzene rings is 1. The fraction of sp³-hybridized carbons (Fsp3) is 0.111. The fourth-order valence-electron chi connectivity index (χ4n) is 2.33. The maximum atomic E-state index is 11.8. The number of ether oxygens (including phenoxy) is 2. The number of nitro groups is 1. The van der Waals surface area contributed by atoms with Crippen molar-refractivity contribution in [1.82, 2.24) is 0 Å². The van der Waals surface area contributed by atoms with E-state index in [1.165, 1.54) is 31.4 Å². The summed E-state index contributed by atoms with van der Waals surface area (Å²) in [6.45, 7) is -0.157. The van der Waals surface area contributed by atoms with Crippen LogP contribution in [0.4, 0.5) is 5.88 Å². The van der Waals surface area contributed by atoms with Gasteiger partial charge in [0, 0.05) is 29.2 Å². The highest BCUT2D eigenvalue weighted by Crippen LogP contribution is 2.23. The highest BCUT2D eigenvalue weighted by molar-refractivity contribution is 5.87. The first kappa shape index (κ1) is 17.9. The Bertz CT molecular complexity index is 1090. The third kappa shape index (κ3) is 4.21. The van der Waals surface area contributed by atoms with Crippen LogP contribution in [0.3, 0.4) is 0 Å². The van der Waals surface area contributed by atoms with E-state index in [-0.39, 0.29) is 12.4 Å². The summed E-state index contributed by atoms with van der Waals surface area (Å²) in [6.07, 6.45) is 2.32. The predicted octanol–water partition coefficient (Wildman–Crippen LogP) is 3.06. The van der Waals surface area contributed by atoms with E-state index in [0.29, 0.717) is 22.3 Å². The largest absolute Gasteiger partial charge is 0.497 e. The highest BCUT2D eigenvalue weighted by Gasteiger charge is 2.11. The van der Waals surface area contributed by atoms with E-state index in [4.69, 9.17) is 18.3 Å². The SMILES string of the molecule is COc1ccc2c(COC(=O)/C=C/c3ccc([N+](=O)[O-])o3)cc(=O)oc2c1. The van der Waals surface area contributed by atoms with E-state index in [2.05, 4.69) is 0 Å².